The molecule has 23 aromatic rings. The third kappa shape index (κ3) is 13.6. The molecule has 15 nitrogen and oxygen atoms in total. The fourth-order valence-electron chi connectivity index (χ4n) is 16.2. The molecule has 0 N–H and O–H groups in total. The van der Waals surface area contributed by atoms with Gasteiger partial charge in [0.05, 0.1) is 130 Å². The fourth-order valence-corrected chi connectivity index (χ4v) is 16.2. The Bertz CT molecular complexity index is 7660. The molecule has 14 aromatic carbocycles. The van der Waals surface area contributed by atoms with Crippen LogP contribution in [0.5, 0.6) is 0 Å². The van der Waals surface area contributed by atoms with Crippen LogP contribution >= 0.6 is 0 Å². The van der Waals surface area contributed by atoms with E-state index in [9.17, 15) is 0 Å². The Morgan fingerprint density at radius 2 is 0.500 bits per heavy atom. The summed E-state index contributed by atoms with van der Waals surface area (Å²) in [5.74, 6) is 1.84. The van der Waals surface area contributed by atoms with Crippen LogP contribution < -0.4 is 0 Å². The summed E-state index contributed by atoms with van der Waals surface area (Å²) < 4.78 is 12.9. The molecule has 0 spiro atoms. The summed E-state index contributed by atoms with van der Waals surface area (Å²) in [4.78, 5) is 42.8. The highest BCUT2D eigenvalue weighted by Gasteiger charge is 2.21. The minimum absolute atomic E-state index is 0.917. The molecule has 0 radical (unpaired) electrons. The Kier molecular flexibility index (Phi) is 18.5. The van der Waals surface area contributed by atoms with Gasteiger partial charge in [-0.3, -0.25) is 42.4 Å². The largest absolute Gasteiger partial charge is 0.298 e. The predicted octanol–water partition coefficient (Wildman–Crippen LogP) is 24.6. The first kappa shape index (κ1) is 71.2. The second-order valence-electron chi connectivity index (χ2n) is 29.2. The van der Waals surface area contributed by atoms with Crippen molar-refractivity contribution in [2.75, 3.05) is 0 Å². The number of fused-ring (bicyclic) bond motifs is 6. The zero-order valence-electron chi connectivity index (χ0n) is 64.7. The summed E-state index contributed by atoms with van der Waals surface area (Å²) in [7, 11) is 0. The van der Waals surface area contributed by atoms with Crippen LogP contribution in [0, 0.1) is 0 Å². The SMILES string of the molecule is c1cc(-c2ccc(-n3cnc4ccccc43)cn2)cc(-c2ccccc2-n2cnc3ccccc32)c1.c1ccc(-c2nc3ccccc3n2-c2cccc(-c3ccccc3-c3ccc(-n4cnc5ccccc54)cn3)c2)cc1.c1ccc(-c2nc3ccccc3n2-c2ccccc2-c2cccc(-c3ccc(-n4cnc5ccccc54)cn3)c2)cc1. The molecular formula is C105H71N15. The molecule has 0 bridgehead atoms. The molecule has 120 heavy (non-hydrogen) atoms. The molecule has 566 valence electrons. The molecule has 0 atom stereocenters. The van der Waals surface area contributed by atoms with E-state index >= 15 is 0 Å². The van der Waals surface area contributed by atoms with Gasteiger partial charge in [-0.2, -0.15) is 0 Å². The molecular weight excluding hydrogens is 1470 g/mol. The van der Waals surface area contributed by atoms with Gasteiger partial charge in [0.1, 0.15) is 37.0 Å². The minimum atomic E-state index is 0.917. The van der Waals surface area contributed by atoms with Crippen molar-refractivity contribution < 1.29 is 0 Å². The van der Waals surface area contributed by atoms with Crippen LogP contribution in [0.25, 0.3) is 190 Å². The lowest BCUT2D eigenvalue weighted by atomic mass is 9.97. The van der Waals surface area contributed by atoms with Crippen LogP contribution in [-0.4, -0.2) is 72.3 Å². The van der Waals surface area contributed by atoms with Crippen LogP contribution in [0.3, 0.4) is 0 Å². The van der Waals surface area contributed by atoms with Crippen molar-refractivity contribution in [1.82, 2.24) is 72.3 Å². The van der Waals surface area contributed by atoms with Crippen LogP contribution in [0.4, 0.5) is 0 Å². The number of pyridine rings is 3. The van der Waals surface area contributed by atoms with E-state index in [0.717, 1.165) is 190 Å². The van der Waals surface area contributed by atoms with Gasteiger partial charge in [0, 0.05) is 44.6 Å². The quantitative estimate of drug-likeness (QED) is 0.104. The van der Waals surface area contributed by atoms with E-state index in [4.69, 9.17) is 24.9 Å². The van der Waals surface area contributed by atoms with Gasteiger partial charge in [0.15, 0.2) is 0 Å². The normalized spacial score (nSPS) is 11.3. The molecule has 15 heteroatoms. The van der Waals surface area contributed by atoms with Crippen molar-refractivity contribution in [3.8, 4) is 124 Å². The van der Waals surface area contributed by atoms with Crippen molar-refractivity contribution in [3.05, 3.63) is 432 Å². The van der Waals surface area contributed by atoms with E-state index in [0.29, 0.717) is 0 Å². The van der Waals surface area contributed by atoms with Gasteiger partial charge in [-0.05, 0) is 168 Å². The van der Waals surface area contributed by atoms with Gasteiger partial charge < -0.3 is 0 Å². The van der Waals surface area contributed by atoms with Crippen molar-refractivity contribution in [1.29, 1.82) is 0 Å². The van der Waals surface area contributed by atoms with E-state index in [1.165, 1.54) is 0 Å². The van der Waals surface area contributed by atoms with Gasteiger partial charge in [0.2, 0.25) is 0 Å². The molecule has 0 fully saturated rings. The second kappa shape index (κ2) is 31.3. The maximum atomic E-state index is 5.05. The van der Waals surface area contributed by atoms with Gasteiger partial charge in [-0.15, -0.1) is 0 Å². The second-order valence-corrected chi connectivity index (χ2v) is 29.2. The summed E-state index contributed by atoms with van der Waals surface area (Å²) in [6.07, 6.45) is 13.2. The standard InChI is InChI=1S/2C37H25N5.C31H21N5/c1-2-11-26(12-3-1)37-40-33-17-6-9-20-36(33)42(37)34-18-7-4-15-30(34)27-13-10-14-28(23-27)31-22-21-29(24-38-31)41-25-39-32-16-5-8-19-35(32)41;1-2-11-26(12-3-1)37-40-34-18-7-9-20-36(34)42(37)28-14-10-13-27(23-28)30-15-4-5-16-31(30)32-22-21-29(24-38-32)41-25-39-33-17-6-8-19-35(33)41;1-4-13-29(36-21-34-28-12-3-6-15-31(28)36)25(10-1)22-8-7-9-23(18-22)26-17-16-24(19-32-26)35-20-33-27-11-2-5-14-30(27)35/h2*1-25H;1-21H. The Balaban J connectivity index is 0.000000112. The first-order valence-corrected chi connectivity index (χ1v) is 39.8. The molecule has 0 aliphatic carbocycles. The van der Waals surface area contributed by atoms with Gasteiger partial charge in [-0.25, -0.2) is 29.9 Å². The maximum absolute atomic E-state index is 5.05. The lowest BCUT2D eigenvalue weighted by Crippen LogP contribution is -2.00. The number of imidazole rings is 6. The Hall–Kier alpha value is -16.7. The number of rotatable bonds is 14. The number of benzene rings is 14. The average molecular weight is 1540 g/mol. The summed E-state index contributed by atoms with van der Waals surface area (Å²) in [5.41, 5.74) is 33.3. The zero-order chi connectivity index (χ0) is 79.7. The number of hydrogen-bond donors (Lipinski definition) is 0. The van der Waals surface area contributed by atoms with E-state index < -0.39 is 0 Å². The van der Waals surface area contributed by atoms with E-state index in [-0.39, 0.29) is 0 Å². The first-order valence-electron chi connectivity index (χ1n) is 39.8. The van der Waals surface area contributed by atoms with Crippen LogP contribution in [0.1, 0.15) is 0 Å². The third-order valence-corrected chi connectivity index (χ3v) is 21.9. The van der Waals surface area contributed by atoms with Crippen LogP contribution in [-0.2, 0) is 0 Å². The molecule has 0 aliphatic rings. The first-order chi connectivity index (χ1) is 59.5. The Morgan fingerprint density at radius 1 is 0.175 bits per heavy atom. The Morgan fingerprint density at radius 3 is 0.967 bits per heavy atom. The van der Waals surface area contributed by atoms with Crippen molar-refractivity contribution in [2.45, 2.75) is 0 Å². The highest BCUT2D eigenvalue weighted by Crippen LogP contribution is 2.40. The fraction of sp³-hybridized carbons (Fsp3) is 0. The zero-order valence-corrected chi connectivity index (χ0v) is 64.7. The predicted molar refractivity (Wildman–Crippen MR) is 484 cm³/mol. The Labute approximate surface area is 690 Å². The van der Waals surface area contributed by atoms with E-state index in [1.807, 2.05) is 141 Å². The van der Waals surface area contributed by atoms with Gasteiger partial charge in [-0.1, -0.05) is 243 Å². The van der Waals surface area contributed by atoms with E-state index in [2.05, 4.69) is 339 Å². The molecule has 9 aromatic heterocycles. The average Bonchev–Trinajstić information content (AvgIpc) is 1.58. The summed E-state index contributed by atoms with van der Waals surface area (Å²) in [6.45, 7) is 0. The number of nitrogens with zero attached hydrogens (tertiary/aromatic N) is 15. The van der Waals surface area contributed by atoms with Crippen molar-refractivity contribution >= 4 is 66.2 Å². The number of aromatic nitrogens is 15. The van der Waals surface area contributed by atoms with E-state index in [1.54, 1.807) is 0 Å². The topological polar surface area (TPSA) is 146 Å². The third-order valence-electron chi connectivity index (χ3n) is 21.9. The lowest BCUT2D eigenvalue weighted by Gasteiger charge is -2.15. The van der Waals surface area contributed by atoms with Crippen molar-refractivity contribution in [3.63, 3.8) is 0 Å². The highest BCUT2D eigenvalue weighted by atomic mass is 15.1. The molecule has 9 heterocycles. The smallest absolute Gasteiger partial charge is 0.145 e. The molecule has 0 saturated carbocycles. The van der Waals surface area contributed by atoms with Gasteiger partial charge >= 0.3 is 0 Å². The molecule has 0 saturated heterocycles. The lowest BCUT2D eigenvalue weighted by molar-refractivity contribution is 1.07. The highest BCUT2D eigenvalue weighted by molar-refractivity contribution is 5.91. The molecule has 23 rings (SSSR count). The number of para-hydroxylation sites is 14. The molecule has 0 unspecified atom stereocenters. The van der Waals surface area contributed by atoms with Gasteiger partial charge in [0.25, 0.3) is 0 Å². The summed E-state index contributed by atoms with van der Waals surface area (Å²) >= 11 is 0. The molecule has 0 aliphatic heterocycles. The molecule has 0 amide bonds. The maximum Gasteiger partial charge on any atom is 0.145 e. The minimum Gasteiger partial charge on any atom is -0.298 e. The number of hydrogen-bond acceptors (Lipinski definition) is 9. The monoisotopic (exact) mass is 1540 g/mol. The summed E-state index contributed by atoms with van der Waals surface area (Å²) in [5, 5.41) is 0. The summed E-state index contributed by atoms with van der Waals surface area (Å²) in [6, 6.07) is 134. The van der Waals surface area contributed by atoms with Crippen LogP contribution in [0.2, 0.25) is 0 Å². The van der Waals surface area contributed by atoms with Crippen LogP contribution in [0.15, 0.2) is 432 Å². The van der Waals surface area contributed by atoms with Crippen molar-refractivity contribution in [2.24, 2.45) is 0 Å².